The summed E-state index contributed by atoms with van der Waals surface area (Å²) in [5.41, 5.74) is -0.250. The predicted octanol–water partition coefficient (Wildman–Crippen LogP) is 1.52. The summed E-state index contributed by atoms with van der Waals surface area (Å²) in [7, 11) is 0. The first-order valence-corrected chi connectivity index (χ1v) is 6.16. The molecule has 0 amide bonds. The van der Waals surface area contributed by atoms with Crippen LogP contribution in [0.3, 0.4) is 0 Å². The SMILES string of the molecule is O=C(O)c1cn2nc(-c3ccccc3)sc2nc1=O. The second-order valence-electron chi connectivity index (χ2n) is 3.77. The van der Waals surface area contributed by atoms with Crippen molar-refractivity contribution in [2.24, 2.45) is 0 Å². The summed E-state index contributed by atoms with van der Waals surface area (Å²) in [5.74, 6) is -1.30. The fourth-order valence-corrected chi connectivity index (χ4v) is 2.49. The van der Waals surface area contributed by atoms with Crippen molar-refractivity contribution in [3.05, 3.63) is 52.4 Å². The lowest BCUT2D eigenvalue weighted by Crippen LogP contribution is -2.18. The van der Waals surface area contributed by atoms with Gasteiger partial charge in [0.05, 0.1) is 6.20 Å². The van der Waals surface area contributed by atoms with Crippen molar-refractivity contribution in [2.45, 2.75) is 0 Å². The second-order valence-corrected chi connectivity index (χ2v) is 4.72. The quantitative estimate of drug-likeness (QED) is 0.765. The van der Waals surface area contributed by atoms with Gasteiger partial charge in [-0.05, 0) is 0 Å². The number of aromatic nitrogens is 3. The molecule has 0 bridgehead atoms. The Morgan fingerprint density at radius 1 is 1.26 bits per heavy atom. The summed E-state index contributed by atoms with van der Waals surface area (Å²) in [6.07, 6.45) is 1.19. The highest BCUT2D eigenvalue weighted by Crippen LogP contribution is 2.23. The smallest absolute Gasteiger partial charge is 0.343 e. The molecule has 0 unspecified atom stereocenters. The average molecular weight is 273 g/mol. The molecule has 1 N–H and O–H groups in total. The number of carbonyl (C=O) groups is 1. The summed E-state index contributed by atoms with van der Waals surface area (Å²) in [5, 5.41) is 13.8. The zero-order chi connectivity index (χ0) is 13.4. The van der Waals surface area contributed by atoms with Gasteiger partial charge < -0.3 is 5.11 Å². The Bertz CT molecular complexity index is 823. The van der Waals surface area contributed by atoms with Gasteiger partial charge in [0, 0.05) is 5.56 Å². The average Bonchev–Trinajstić information content (AvgIpc) is 2.81. The van der Waals surface area contributed by atoms with Crippen LogP contribution in [-0.4, -0.2) is 25.7 Å². The van der Waals surface area contributed by atoms with Crippen LogP contribution in [-0.2, 0) is 0 Å². The van der Waals surface area contributed by atoms with Crippen LogP contribution >= 0.6 is 11.3 Å². The van der Waals surface area contributed by atoms with Gasteiger partial charge in [-0.25, -0.2) is 9.31 Å². The molecule has 19 heavy (non-hydrogen) atoms. The summed E-state index contributed by atoms with van der Waals surface area (Å²) >= 11 is 1.23. The number of fused-ring (bicyclic) bond motifs is 1. The Morgan fingerprint density at radius 3 is 2.68 bits per heavy atom. The lowest BCUT2D eigenvalue weighted by molar-refractivity contribution is 0.0694. The van der Waals surface area contributed by atoms with E-state index in [9.17, 15) is 9.59 Å². The molecule has 0 saturated heterocycles. The largest absolute Gasteiger partial charge is 0.477 e. The van der Waals surface area contributed by atoms with Crippen LogP contribution in [0.15, 0.2) is 41.3 Å². The van der Waals surface area contributed by atoms with Crippen molar-refractivity contribution < 1.29 is 9.90 Å². The third-order valence-corrected chi connectivity index (χ3v) is 3.48. The molecule has 2 heterocycles. The number of carboxylic acid groups (broad SMARTS) is 1. The zero-order valence-electron chi connectivity index (χ0n) is 9.48. The highest BCUT2D eigenvalue weighted by Gasteiger charge is 2.14. The van der Waals surface area contributed by atoms with Gasteiger partial charge in [0.2, 0.25) is 4.96 Å². The van der Waals surface area contributed by atoms with Crippen molar-refractivity contribution in [2.75, 3.05) is 0 Å². The summed E-state index contributed by atoms with van der Waals surface area (Å²) in [6.45, 7) is 0. The number of aromatic carboxylic acids is 1. The van der Waals surface area contributed by atoms with Crippen LogP contribution in [0.5, 0.6) is 0 Å². The van der Waals surface area contributed by atoms with E-state index in [-0.39, 0.29) is 5.56 Å². The van der Waals surface area contributed by atoms with Crippen LogP contribution < -0.4 is 5.56 Å². The number of nitrogens with zero attached hydrogens (tertiary/aromatic N) is 3. The minimum absolute atomic E-state index is 0.369. The maximum absolute atomic E-state index is 11.5. The molecule has 0 aliphatic rings. The number of hydrogen-bond acceptors (Lipinski definition) is 5. The molecule has 0 aliphatic heterocycles. The normalized spacial score (nSPS) is 10.7. The Morgan fingerprint density at radius 2 is 2.00 bits per heavy atom. The fraction of sp³-hybridized carbons (Fsp3) is 0. The molecular formula is C12H7N3O3S. The maximum Gasteiger partial charge on any atom is 0.343 e. The van der Waals surface area contributed by atoms with Crippen molar-refractivity contribution in [3.8, 4) is 10.6 Å². The number of rotatable bonds is 2. The lowest BCUT2D eigenvalue weighted by atomic mass is 10.2. The first-order chi connectivity index (χ1) is 9.15. The van der Waals surface area contributed by atoms with E-state index in [0.717, 1.165) is 5.56 Å². The van der Waals surface area contributed by atoms with Gasteiger partial charge in [-0.3, -0.25) is 4.79 Å². The molecule has 6 nitrogen and oxygen atoms in total. The van der Waals surface area contributed by atoms with E-state index in [0.29, 0.717) is 9.97 Å². The van der Waals surface area contributed by atoms with Crippen LogP contribution in [0.1, 0.15) is 10.4 Å². The molecule has 3 aromatic rings. The van der Waals surface area contributed by atoms with E-state index in [1.807, 2.05) is 30.3 Å². The highest BCUT2D eigenvalue weighted by atomic mass is 32.1. The summed E-state index contributed by atoms with van der Waals surface area (Å²) in [6, 6.07) is 9.41. The predicted molar refractivity (Wildman–Crippen MR) is 69.5 cm³/mol. The number of carboxylic acids is 1. The molecule has 0 radical (unpaired) electrons. The fourth-order valence-electron chi connectivity index (χ4n) is 1.62. The van der Waals surface area contributed by atoms with Gasteiger partial charge in [-0.2, -0.15) is 10.1 Å². The minimum atomic E-state index is -1.30. The van der Waals surface area contributed by atoms with Crippen molar-refractivity contribution in [1.82, 2.24) is 14.6 Å². The van der Waals surface area contributed by atoms with Gasteiger partial charge in [-0.1, -0.05) is 41.7 Å². The minimum Gasteiger partial charge on any atom is -0.477 e. The molecule has 0 spiro atoms. The van der Waals surface area contributed by atoms with E-state index < -0.39 is 11.5 Å². The number of benzene rings is 1. The van der Waals surface area contributed by atoms with Crippen LogP contribution in [0.25, 0.3) is 15.5 Å². The van der Waals surface area contributed by atoms with E-state index in [4.69, 9.17) is 5.11 Å². The molecule has 0 aliphatic carbocycles. The van der Waals surface area contributed by atoms with Gasteiger partial charge >= 0.3 is 5.97 Å². The van der Waals surface area contributed by atoms with Crippen LogP contribution in [0.4, 0.5) is 0 Å². The van der Waals surface area contributed by atoms with E-state index >= 15 is 0 Å². The third-order valence-electron chi connectivity index (χ3n) is 2.51. The monoisotopic (exact) mass is 273 g/mol. The van der Waals surface area contributed by atoms with Crippen molar-refractivity contribution >= 4 is 22.3 Å². The molecule has 3 rings (SSSR count). The van der Waals surface area contributed by atoms with Gasteiger partial charge in [0.25, 0.3) is 5.56 Å². The summed E-state index contributed by atoms with van der Waals surface area (Å²) < 4.78 is 1.32. The molecule has 0 atom stereocenters. The molecular weight excluding hydrogens is 266 g/mol. The first-order valence-electron chi connectivity index (χ1n) is 5.34. The zero-order valence-corrected chi connectivity index (χ0v) is 10.3. The second kappa shape index (κ2) is 4.29. The molecule has 94 valence electrons. The van der Waals surface area contributed by atoms with Crippen LogP contribution in [0, 0.1) is 0 Å². The van der Waals surface area contributed by atoms with Crippen LogP contribution in [0.2, 0.25) is 0 Å². The third kappa shape index (κ3) is 2.00. The highest BCUT2D eigenvalue weighted by molar-refractivity contribution is 7.19. The van der Waals surface area contributed by atoms with E-state index in [1.54, 1.807) is 0 Å². The van der Waals surface area contributed by atoms with E-state index in [2.05, 4.69) is 10.1 Å². The Labute approximate surface area is 110 Å². The van der Waals surface area contributed by atoms with Crippen molar-refractivity contribution in [3.63, 3.8) is 0 Å². The molecule has 2 aromatic heterocycles. The first kappa shape index (κ1) is 11.5. The van der Waals surface area contributed by atoms with Gasteiger partial charge in [0.1, 0.15) is 10.6 Å². The van der Waals surface area contributed by atoms with Gasteiger partial charge in [0.15, 0.2) is 0 Å². The molecule has 0 fully saturated rings. The Balaban J connectivity index is 2.22. The Kier molecular flexibility index (Phi) is 2.60. The molecule has 1 aromatic carbocycles. The van der Waals surface area contributed by atoms with Gasteiger partial charge in [-0.15, -0.1) is 0 Å². The standard InChI is InChI=1S/C12H7N3O3S/c16-9-8(11(17)18)6-15-12(13-9)19-10(14-15)7-4-2-1-3-5-7/h1-6H,(H,17,18). The summed E-state index contributed by atoms with van der Waals surface area (Å²) in [4.78, 5) is 26.5. The van der Waals surface area contributed by atoms with Crippen molar-refractivity contribution in [1.29, 1.82) is 0 Å². The molecule has 7 heteroatoms. The number of hydrogen-bond donors (Lipinski definition) is 1. The topological polar surface area (TPSA) is 84.6 Å². The van der Waals surface area contributed by atoms with E-state index in [1.165, 1.54) is 22.0 Å². The molecule has 0 saturated carbocycles. The lowest BCUT2D eigenvalue weighted by Gasteiger charge is -1.93. The maximum atomic E-state index is 11.5. The Hall–Kier alpha value is -2.54.